The molecule has 0 aliphatic heterocycles. The minimum atomic E-state index is -0.644. The normalized spacial score (nSPS) is 12.1. The van der Waals surface area contributed by atoms with Crippen LogP contribution in [0, 0.1) is 0 Å². The van der Waals surface area contributed by atoms with Crippen LogP contribution in [0.3, 0.4) is 0 Å². The summed E-state index contributed by atoms with van der Waals surface area (Å²) in [5, 5.41) is 7.73. The van der Waals surface area contributed by atoms with Crippen LogP contribution in [-0.4, -0.2) is 20.7 Å². The van der Waals surface area contributed by atoms with Gasteiger partial charge >= 0.3 is 11.4 Å². The zero-order chi connectivity index (χ0) is 18.0. The largest absolute Gasteiger partial charge is 0.347 e. The lowest BCUT2D eigenvalue weighted by molar-refractivity contribution is -0.122. The molecule has 9 heteroatoms. The van der Waals surface area contributed by atoms with Crippen LogP contribution in [0.1, 0.15) is 17.8 Å². The Hall–Kier alpha value is -2.58. The van der Waals surface area contributed by atoms with Crippen molar-refractivity contribution in [3.8, 4) is 10.4 Å². The standard InChI is InChI=1S/C16H15ClN4O3S/c1-9(18-14(22)8-21-15(23)19-20-16(21)24)12-6-7-13(25-12)10-2-4-11(17)5-3-10/h2-7,9H,8H2,1H3,(H,18,22)(H,19,23)(H,20,24). The van der Waals surface area contributed by atoms with Crippen molar-refractivity contribution in [1.29, 1.82) is 0 Å². The minimum Gasteiger partial charge on any atom is -0.347 e. The number of aromatic amines is 2. The Morgan fingerprint density at radius 3 is 2.44 bits per heavy atom. The van der Waals surface area contributed by atoms with Gasteiger partial charge < -0.3 is 5.32 Å². The number of hydrogen-bond acceptors (Lipinski definition) is 4. The Morgan fingerprint density at radius 2 is 1.80 bits per heavy atom. The number of carbonyl (C=O) groups excluding carboxylic acids is 1. The van der Waals surface area contributed by atoms with Gasteiger partial charge in [0.05, 0.1) is 6.04 Å². The van der Waals surface area contributed by atoms with Crippen LogP contribution in [0.5, 0.6) is 0 Å². The highest BCUT2D eigenvalue weighted by Crippen LogP contribution is 2.31. The maximum Gasteiger partial charge on any atom is 0.344 e. The number of nitrogens with zero attached hydrogens (tertiary/aromatic N) is 1. The second kappa shape index (κ2) is 7.12. The molecule has 0 aliphatic rings. The summed E-state index contributed by atoms with van der Waals surface area (Å²) < 4.78 is 0.801. The number of thiophene rings is 1. The first-order valence-electron chi connectivity index (χ1n) is 7.46. The van der Waals surface area contributed by atoms with Gasteiger partial charge in [-0.25, -0.2) is 24.4 Å². The summed E-state index contributed by atoms with van der Waals surface area (Å²) in [6.07, 6.45) is 0. The molecule has 1 aromatic carbocycles. The van der Waals surface area contributed by atoms with Gasteiger partial charge in [-0.3, -0.25) is 4.79 Å². The van der Waals surface area contributed by atoms with E-state index in [0.29, 0.717) is 5.02 Å². The molecule has 0 spiro atoms. The predicted molar refractivity (Wildman–Crippen MR) is 97.0 cm³/mol. The number of H-pyrrole nitrogens is 2. The molecular formula is C16H15ClN4O3S. The summed E-state index contributed by atoms with van der Waals surface area (Å²) in [4.78, 5) is 36.9. The maximum absolute atomic E-state index is 12.1. The molecule has 2 aromatic heterocycles. The van der Waals surface area contributed by atoms with Gasteiger partial charge in [-0.2, -0.15) is 0 Å². The first-order chi connectivity index (χ1) is 11.9. The fourth-order valence-corrected chi connectivity index (χ4v) is 3.48. The molecule has 25 heavy (non-hydrogen) atoms. The van der Waals surface area contributed by atoms with E-state index in [9.17, 15) is 14.4 Å². The third-order valence-corrected chi connectivity index (χ3v) is 5.20. The zero-order valence-corrected chi connectivity index (χ0v) is 14.8. The van der Waals surface area contributed by atoms with Crippen LogP contribution in [-0.2, 0) is 11.3 Å². The van der Waals surface area contributed by atoms with Crippen molar-refractivity contribution in [1.82, 2.24) is 20.1 Å². The van der Waals surface area contributed by atoms with Crippen molar-refractivity contribution < 1.29 is 4.79 Å². The lowest BCUT2D eigenvalue weighted by atomic mass is 10.2. The number of aromatic nitrogens is 3. The van der Waals surface area contributed by atoms with Crippen molar-refractivity contribution in [2.75, 3.05) is 0 Å². The Bertz CT molecular complexity index is 972. The molecule has 1 atom stereocenters. The third kappa shape index (κ3) is 3.92. The molecule has 0 radical (unpaired) electrons. The van der Waals surface area contributed by atoms with Gasteiger partial charge in [-0.15, -0.1) is 11.3 Å². The van der Waals surface area contributed by atoms with Gasteiger partial charge in [0.15, 0.2) is 0 Å². The second-order valence-electron chi connectivity index (χ2n) is 5.44. The van der Waals surface area contributed by atoms with E-state index in [0.717, 1.165) is 19.9 Å². The van der Waals surface area contributed by atoms with E-state index < -0.39 is 17.3 Å². The molecule has 0 saturated carbocycles. The molecule has 0 saturated heterocycles. The SMILES string of the molecule is CC(NC(=O)Cn1c(=O)[nH][nH]c1=O)c1ccc(-c2ccc(Cl)cc2)s1. The summed E-state index contributed by atoms with van der Waals surface area (Å²) in [5.74, 6) is -0.416. The Balaban J connectivity index is 1.68. The number of halogens is 1. The predicted octanol–water partition coefficient (Wildman–Crippen LogP) is 2.12. The zero-order valence-electron chi connectivity index (χ0n) is 13.2. The fourth-order valence-electron chi connectivity index (χ4n) is 2.33. The smallest absolute Gasteiger partial charge is 0.344 e. The highest BCUT2D eigenvalue weighted by atomic mass is 35.5. The van der Waals surface area contributed by atoms with E-state index >= 15 is 0 Å². The lowest BCUT2D eigenvalue weighted by Gasteiger charge is -2.11. The topological polar surface area (TPSA) is 99.8 Å². The van der Waals surface area contributed by atoms with Crippen molar-refractivity contribution in [3.05, 3.63) is 67.3 Å². The minimum absolute atomic E-state index is 0.243. The van der Waals surface area contributed by atoms with Crippen LogP contribution in [0.4, 0.5) is 0 Å². The molecule has 3 N–H and O–H groups in total. The molecule has 0 bridgehead atoms. The van der Waals surface area contributed by atoms with Crippen molar-refractivity contribution in [3.63, 3.8) is 0 Å². The van der Waals surface area contributed by atoms with E-state index in [-0.39, 0.29) is 12.6 Å². The highest BCUT2D eigenvalue weighted by molar-refractivity contribution is 7.15. The number of amides is 1. The molecule has 0 fully saturated rings. The van der Waals surface area contributed by atoms with Crippen LogP contribution >= 0.6 is 22.9 Å². The molecule has 130 valence electrons. The van der Waals surface area contributed by atoms with Crippen molar-refractivity contribution in [2.45, 2.75) is 19.5 Å². The average molecular weight is 379 g/mol. The van der Waals surface area contributed by atoms with Crippen LogP contribution < -0.4 is 16.7 Å². The number of carbonyl (C=O) groups is 1. The van der Waals surface area contributed by atoms with Crippen molar-refractivity contribution in [2.24, 2.45) is 0 Å². The molecule has 1 unspecified atom stereocenters. The Kier molecular flexibility index (Phi) is 4.91. The Labute approximate surface area is 151 Å². The second-order valence-corrected chi connectivity index (χ2v) is 7.00. The number of hydrogen-bond donors (Lipinski definition) is 3. The Morgan fingerprint density at radius 1 is 1.16 bits per heavy atom. The molecular weight excluding hydrogens is 364 g/mol. The molecule has 3 rings (SSSR count). The quantitative estimate of drug-likeness (QED) is 0.634. The third-order valence-electron chi connectivity index (χ3n) is 3.63. The van der Waals surface area contributed by atoms with E-state index in [1.165, 1.54) is 0 Å². The number of benzene rings is 1. The van der Waals surface area contributed by atoms with Crippen LogP contribution in [0.25, 0.3) is 10.4 Å². The van der Waals surface area contributed by atoms with Gasteiger partial charge in [0.2, 0.25) is 5.91 Å². The lowest BCUT2D eigenvalue weighted by Crippen LogP contribution is -2.36. The van der Waals surface area contributed by atoms with Gasteiger partial charge in [-0.1, -0.05) is 23.7 Å². The number of rotatable bonds is 5. The van der Waals surface area contributed by atoms with E-state index in [2.05, 4.69) is 15.5 Å². The fraction of sp³-hybridized carbons (Fsp3) is 0.188. The molecule has 2 heterocycles. The van der Waals surface area contributed by atoms with Gasteiger partial charge in [-0.05, 0) is 36.8 Å². The van der Waals surface area contributed by atoms with E-state index in [1.807, 2.05) is 43.3 Å². The van der Waals surface area contributed by atoms with Gasteiger partial charge in [0, 0.05) is 14.8 Å². The van der Waals surface area contributed by atoms with Gasteiger partial charge in [0.25, 0.3) is 0 Å². The molecule has 7 nitrogen and oxygen atoms in total. The van der Waals surface area contributed by atoms with Gasteiger partial charge in [0.1, 0.15) is 6.54 Å². The monoisotopic (exact) mass is 378 g/mol. The van der Waals surface area contributed by atoms with Crippen LogP contribution in [0.2, 0.25) is 5.02 Å². The summed E-state index contributed by atoms with van der Waals surface area (Å²) in [7, 11) is 0. The molecule has 0 aliphatic carbocycles. The molecule has 3 aromatic rings. The van der Waals surface area contributed by atoms with E-state index in [1.54, 1.807) is 11.3 Å². The maximum atomic E-state index is 12.1. The summed E-state index contributed by atoms with van der Waals surface area (Å²) in [6.45, 7) is 1.51. The summed E-state index contributed by atoms with van der Waals surface area (Å²) >= 11 is 7.45. The summed E-state index contributed by atoms with van der Waals surface area (Å²) in [6, 6.07) is 11.2. The first-order valence-corrected chi connectivity index (χ1v) is 8.66. The average Bonchev–Trinajstić information content (AvgIpc) is 3.18. The summed E-state index contributed by atoms with van der Waals surface area (Å²) in [5.41, 5.74) is -0.243. The number of nitrogens with one attached hydrogen (secondary N) is 3. The van der Waals surface area contributed by atoms with Crippen molar-refractivity contribution >= 4 is 28.8 Å². The van der Waals surface area contributed by atoms with E-state index in [4.69, 9.17) is 11.6 Å². The highest BCUT2D eigenvalue weighted by Gasteiger charge is 2.15. The first kappa shape index (κ1) is 17.2. The molecule has 1 amide bonds. The van der Waals surface area contributed by atoms with Crippen LogP contribution in [0.15, 0.2) is 46.0 Å².